The first-order valence-electron chi connectivity index (χ1n) is 10.8. The van der Waals surface area contributed by atoms with Gasteiger partial charge in [0.25, 0.3) is 5.56 Å². The molecule has 0 atom stereocenters. The first-order chi connectivity index (χ1) is 16.0. The molecule has 1 heterocycles. The van der Waals surface area contributed by atoms with Gasteiger partial charge in [0.2, 0.25) is 5.91 Å². The van der Waals surface area contributed by atoms with Gasteiger partial charge in [0.15, 0.2) is 11.4 Å². The summed E-state index contributed by atoms with van der Waals surface area (Å²) in [5.74, 6) is 0.226. The minimum absolute atomic E-state index is 0.00866. The summed E-state index contributed by atoms with van der Waals surface area (Å²) in [5.41, 5.74) is 5.33. The van der Waals surface area contributed by atoms with Crippen LogP contribution in [0, 0.1) is 22.0 Å². The van der Waals surface area contributed by atoms with Gasteiger partial charge in [-0.25, -0.2) is 4.79 Å². The molecule has 0 radical (unpaired) electrons. The van der Waals surface area contributed by atoms with Crippen LogP contribution in [0.2, 0.25) is 0 Å². The minimum atomic E-state index is -0.715. The summed E-state index contributed by atoms with van der Waals surface area (Å²) in [4.78, 5) is 52.4. The number of hydrogen-bond acceptors (Lipinski definition) is 8. The molecule has 1 amide bonds. The zero-order valence-electron chi connectivity index (χ0n) is 20.0. The second kappa shape index (κ2) is 11.7. The third-order valence-electron chi connectivity index (χ3n) is 4.81. The quantitative estimate of drug-likeness (QED) is 0.358. The Morgan fingerprint density at radius 1 is 1.26 bits per heavy atom. The number of thioether (sulfide) groups is 1. The molecule has 186 valence electrons. The molecule has 0 fully saturated rings. The van der Waals surface area contributed by atoms with E-state index in [1.807, 2.05) is 27.7 Å². The van der Waals surface area contributed by atoms with Gasteiger partial charge in [-0.05, 0) is 23.5 Å². The summed E-state index contributed by atoms with van der Waals surface area (Å²) < 4.78 is 6.28. The second-order valence-electron chi connectivity index (χ2n) is 8.65. The number of carbonyl (C=O) groups is 1. The Morgan fingerprint density at radius 2 is 1.94 bits per heavy atom. The number of amides is 1. The van der Waals surface area contributed by atoms with Crippen molar-refractivity contribution in [2.24, 2.45) is 11.8 Å². The molecular formula is C22H31N5O6S. The first kappa shape index (κ1) is 27.0. The number of rotatable bonds is 11. The maximum absolute atomic E-state index is 13.1. The number of H-pyrrole nitrogens is 1. The number of carbonyl (C=O) groups excluding carboxylic acids is 1. The third kappa shape index (κ3) is 6.62. The van der Waals surface area contributed by atoms with Crippen LogP contribution in [-0.2, 0) is 17.1 Å². The zero-order valence-corrected chi connectivity index (χ0v) is 20.8. The average molecular weight is 494 g/mol. The van der Waals surface area contributed by atoms with Gasteiger partial charge < -0.3 is 15.4 Å². The van der Waals surface area contributed by atoms with Crippen molar-refractivity contribution >= 4 is 34.9 Å². The second-order valence-corrected chi connectivity index (χ2v) is 9.64. The summed E-state index contributed by atoms with van der Waals surface area (Å²) in [5, 5.41) is 11.2. The van der Waals surface area contributed by atoms with Gasteiger partial charge in [0.05, 0.1) is 17.8 Å². The lowest BCUT2D eigenvalue weighted by Crippen LogP contribution is -2.43. The number of hydrogen-bond donors (Lipinski definition) is 2. The summed E-state index contributed by atoms with van der Waals surface area (Å²) in [6.45, 7) is 8.16. The number of aromatic nitrogens is 2. The Kier molecular flexibility index (Phi) is 9.30. The molecule has 2 aromatic rings. The predicted molar refractivity (Wildman–Crippen MR) is 134 cm³/mol. The van der Waals surface area contributed by atoms with Crippen LogP contribution in [0.15, 0.2) is 27.8 Å². The van der Waals surface area contributed by atoms with Crippen molar-refractivity contribution in [1.29, 1.82) is 0 Å². The fraction of sp³-hybridized carbons (Fsp3) is 0.500. The highest BCUT2D eigenvalue weighted by Gasteiger charge is 2.25. The maximum Gasteiger partial charge on any atom is 0.330 e. The van der Waals surface area contributed by atoms with Gasteiger partial charge >= 0.3 is 11.4 Å². The Labute approximate surface area is 201 Å². The van der Waals surface area contributed by atoms with Crippen LogP contribution in [0.25, 0.3) is 0 Å². The molecule has 11 nitrogen and oxygen atoms in total. The van der Waals surface area contributed by atoms with Crippen molar-refractivity contribution in [3.8, 4) is 5.75 Å². The van der Waals surface area contributed by atoms with Gasteiger partial charge in [-0.3, -0.25) is 29.3 Å². The SMILES string of the molecule is COc1ccc(CSCC(=O)N(CC(C)C)c2c(N)n(CC(C)C)c(=O)[nH]c2=O)cc1[N+](=O)[O-]. The van der Waals surface area contributed by atoms with Crippen molar-refractivity contribution in [1.82, 2.24) is 9.55 Å². The van der Waals surface area contributed by atoms with E-state index in [4.69, 9.17) is 10.5 Å². The number of nitrogens with one attached hydrogen (secondary N) is 1. The van der Waals surface area contributed by atoms with Crippen LogP contribution < -0.4 is 26.6 Å². The van der Waals surface area contributed by atoms with Crippen LogP contribution in [-0.4, -0.2) is 39.8 Å². The molecule has 1 aromatic heterocycles. The van der Waals surface area contributed by atoms with E-state index in [0.717, 1.165) is 0 Å². The number of anilines is 2. The van der Waals surface area contributed by atoms with Crippen molar-refractivity contribution in [2.75, 3.05) is 30.0 Å². The van der Waals surface area contributed by atoms with Crippen molar-refractivity contribution < 1.29 is 14.5 Å². The molecule has 2 rings (SSSR count). The number of nitrogen functional groups attached to an aromatic ring is 1. The molecule has 0 saturated heterocycles. The number of ether oxygens (including phenoxy) is 1. The lowest BCUT2D eigenvalue weighted by Gasteiger charge is -2.26. The molecule has 0 aliphatic heterocycles. The Bertz CT molecular complexity index is 1160. The average Bonchev–Trinajstić information content (AvgIpc) is 2.75. The first-order valence-corrected chi connectivity index (χ1v) is 11.9. The Balaban J connectivity index is 2.28. The van der Waals surface area contributed by atoms with Gasteiger partial charge in [-0.1, -0.05) is 33.8 Å². The summed E-state index contributed by atoms with van der Waals surface area (Å²) in [6, 6.07) is 4.62. The van der Waals surface area contributed by atoms with E-state index in [1.54, 1.807) is 6.07 Å². The molecule has 0 unspecified atom stereocenters. The van der Waals surface area contributed by atoms with E-state index in [9.17, 15) is 24.5 Å². The summed E-state index contributed by atoms with van der Waals surface area (Å²) in [7, 11) is 1.36. The monoisotopic (exact) mass is 493 g/mol. The molecule has 0 bridgehead atoms. The molecule has 0 spiro atoms. The summed E-state index contributed by atoms with van der Waals surface area (Å²) in [6.07, 6.45) is 0. The number of nitrogens with zero attached hydrogens (tertiary/aromatic N) is 3. The molecule has 0 aliphatic rings. The highest BCUT2D eigenvalue weighted by atomic mass is 32.2. The van der Waals surface area contributed by atoms with E-state index >= 15 is 0 Å². The van der Waals surface area contributed by atoms with Crippen molar-refractivity contribution in [2.45, 2.75) is 40.0 Å². The number of nitro benzene ring substituents is 1. The van der Waals surface area contributed by atoms with E-state index in [-0.39, 0.29) is 53.0 Å². The Hall–Kier alpha value is -3.28. The number of methoxy groups -OCH3 is 1. The molecule has 34 heavy (non-hydrogen) atoms. The molecular weight excluding hydrogens is 462 g/mol. The van der Waals surface area contributed by atoms with Crippen molar-refractivity contribution in [3.63, 3.8) is 0 Å². The molecule has 12 heteroatoms. The van der Waals surface area contributed by atoms with Gasteiger partial charge in [0.1, 0.15) is 5.82 Å². The molecule has 3 N–H and O–H groups in total. The van der Waals surface area contributed by atoms with Gasteiger partial charge in [0, 0.05) is 24.9 Å². The predicted octanol–water partition coefficient (Wildman–Crippen LogP) is 2.61. The number of aromatic amines is 1. The molecule has 0 aliphatic carbocycles. The van der Waals surface area contributed by atoms with E-state index < -0.39 is 16.2 Å². The van der Waals surface area contributed by atoms with Crippen LogP contribution >= 0.6 is 11.8 Å². The van der Waals surface area contributed by atoms with Crippen LogP contribution in [0.5, 0.6) is 5.75 Å². The van der Waals surface area contributed by atoms with E-state index in [0.29, 0.717) is 17.9 Å². The van der Waals surface area contributed by atoms with E-state index in [2.05, 4.69) is 4.98 Å². The van der Waals surface area contributed by atoms with Crippen LogP contribution in [0.1, 0.15) is 33.3 Å². The maximum atomic E-state index is 13.1. The number of benzene rings is 1. The smallest absolute Gasteiger partial charge is 0.330 e. The largest absolute Gasteiger partial charge is 0.490 e. The molecule has 0 saturated carbocycles. The number of nitro groups is 1. The Morgan fingerprint density at radius 3 is 2.50 bits per heavy atom. The van der Waals surface area contributed by atoms with Crippen LogP contribution in [0.3, 0.4) is 0 Å². The minimum Gasteiger partial charge on any atom is -0.490 e. The highest BCUT2D eigenvalue weighted by Crippen LogP contribution is 2.29. The topological polar surface area (TPSA) is 154 Å². The lowest BCUT2D eigenvalue weighted by molar-refractivity contribution is -0.385. The number of nitrogens with two attached hydrogens (primary N) is 1. The fourth-order valence-corrected chi connectivity index (χ4v) is 4.22. The fourth-order valence-electron chi connectivity index (χ4n) is 3.37. The van der Waals surface area contributed by atoms with E-state index in [1.165, 1.54) is 40.5 Å². The third-order valence-corrected chi connectivity index (χ3v) is 5.80. The normalized spacial score (nSPS) is 11.1. The standard InChI is InChI=1S/C22H31N5O6S/c1-13(2)9-25(19-20(23)26(10-14(3)4)22(30)24-21(19)29)18(28)12-34-11-15-6-7-17(33-5)16(8-15)27(31)32/h6-8,13-14H,9-12,23H2,1-5H3,(H,24,29,30). The summed E-state index contributed by atoms with van der Waals surface area (Å²) >= 11 is 1.25. The van der Waals surface area contributed by atoms with Gasteiger partial charge in [-0.15, -0.1) is 11.8 Å². The van der Waals surface area contributed by atoms with Gasteiger partial charge in [-0.2, -0.15) is 0 Å². The van der Waals surface area contributed by atoms with Crippen molar-refractivity contribution in [3.05, 3.63) is 54.7 Å². The lowest BCUT2D eigenvalue weighted by atomic mass is 10.2. The highest BCUT2D eigenvalue weighted by molar-refractivity contribution is 7.99. The zero-order chi connectivity index (χ0) is 25.6. The molecule has 1 aromatic carbocycles. The van der Waals surface area contributed by atoms with Crippen LogP contribution in [0.4, 0.5) is 17.2 Å².